The second-order valence-electron chi connectivity index (χ2n) is 5.74. The number of likely N-dealkylation sites (tertiary alicyclic amines) is 1. The highest BCUT2D eigenvalue weighted by atomic mass is 35.5. The lowest BCUT2D eigenvalue weighted by Crippen LogP contribution is -2.54. The van der Waals surface area contributed by atoms with E-state index in [-0.39, 0.29) is 24.2 Å². The zero-order valence-corrected chi connectivity index (χ0v) is 12.9. The normalized spacial score (nSPS) is 20.4. The molecule has 21 heavy (non-hydrogen) atoms. The minimum Gasteiger partial charge on any atom is -0.353 e. The molecule has 2 fully saturated rings. The summed E-state index contributed by atoms with van der Waals surface area (Å²) in [6.45, 7) is 4.65. The molecule has 0 saturated carbocycles. The number of rotatable bonds is 4. The van der Waals surface area contributed by atoms with Gasteiger partial charge in [0, 0.05) is 45.0 Å². The Morgan fingerprint density at radius 2 is 2.10 bits per heavy atom. The van der Waals surface area contributed by atoms with Crippen LogP contribution in [-0.4, -0.2) is 48.0 Å². The third-order valence-electron chi connectivity index (χ3n) is 4.20. The molecule has 2 saturated heterocycles. The molecule has 1 aromatic heterocycles. The van der Waals surface area contributed by atoms with Gasteiger partial charge in [0.2, 0.25) is 5.91 Å². The lowest BCUT2D eigenvalue weighted by Gasteiger charge is -2.34. The Morgan fingerprint density at radius 1 is 1.33 bits per heavy atom. The van der Waals surface area contributed by atoms with E-state index >= 15 is 0 Å². The Bertz CT molecular complexity index is 444. The van der Waals surface area contributed by atoms with Crippen LogP contribution in [0.2, 0.25) is 0 Å². The third kappa shape index (κ3) is 4.40. The van der Waals surface area contributed by atoms with Crippen LogP contribution < -0.4 is 10.6 Å². The smallest absolute Gasteiger partial charge is 0.225 e. The maximum absolute atomic E-state index is 11.9. The number of hydrogen-bond acceptors (Lipinski definition) is 4. The predicted molar refractivity (Wildman–Crippen MR) is 84.3 cm³/mol. The van der Waals surface area contributed by atoms with Gasteiger partial charge in [-0.3, -0.25) is 14.7 Å². The van der Waals surface area contributed by atoms with Gasteiger partial charge in [-0.05, 0) is 25.0 Å². The molecule has 0 aliphatic carbocycles. The molecule has 0 spiro atoms. The van der Waals surface area contributed by atoms with Crippen LogP contribution in [0.3, 0.4) is 0 Å². The van der Waals surface area contributed by atoms with Crippen molar-refractivity contribution in [1.82, 2.24) is 20.5 Å². The molecule has 2 aliphatic rings. The summed E-state index contributed by atoms with van der Waals surface area (Å²) in [7, 11) is 0. The van der Waals surface area contributed by atoms with Gasteiger partial charge in [-0.1, -0.05) is 6.07 Å². The lowest BCUT2D eigenvalue weighted by atomic mass is 9.99. The van der Waals surface area contributed by atoms with Gasteiger partial charge in [0.05, 0.1) is 11.6 Å². The van der Waals surface area contributed by atoms with Crippen molar-refractivity contribution in [1.29, 1.82) is 0 Å². The molecule has 2 N–H and O–H groups in total. The summed E-state index contributed by atoms with van der Waals surface area (Å²) in [6, 6.07) is 6.39. The summed E-state index contributed by atoms with van der Waals surface area (Å²) >= 11 is 0. The first-order chi connectivity index (χ1) is 9.81. The monoisotopic (exact) mass is 310 g/mol. The van der Waals surface area contributed by atoms with Gasteiger partial charge < -0.3 is 10.6 Å². The number of carbonyl (C=O) groups excluding carboxylic acids is 1. The van der Waals surface area contributed by atoms with Crippen LogP contribution in [-0.2, 0) is 11.3 Å². The summed E-state index contributed by atoms with van der Waals surface area (Å²) in [5.41, 5.74) is 1.12. The van der Waals surface area contributed by atoms with E-state index in [1.165, 1.54) is 0 Å². The van der Waals surface area contributed by atoms with Crippen LogP contribution in [0.15, 0.2) is 24.4 Å². The summed E-state index contributed by atoms with van der Waals surface area (Å²) in [4.78, 5) is 18.7. The molecule has 0 atom stereocenters. The molecule has 0 bridgehead atoms. The van der Waals surface area contributed by atoms with E-state index in [1.807, 2.05) is 18.3 Å². The SMILES string of the molecule is Cl.O=C(NC1CCN(Cc2ccccn2)CC1)C1CNC1. The predicted octanol–water partition coefficient (Wildman–Crippen LogP) is 0.803. The highest BCUT2D eigenvalue weighted by Crippen LogP contribution is 2.14. The fraction of sp³-hybridized carbons (Fsp3) is 0.600. The number of halogens is 1. The van der Waals surface area contributed by atoms with Crippen molar-refractivity contribution in [3.63, 3.8) is 0 Å². The number of nitrogens with zero attached hydrogens (tertiary/aromatic N) is 2. The molecule has 3 heterocycles. The van der Waals surface area contributed by atoms with Crippen LogP contribution in [0.4, 0.5) is 0 Å². The number of aromatic nitrogens is 1. The van der Waals surface area contributed by atoms with E-state index < -0.39 is 0 Å². The molecular weight excluding hydrogens is 288 g/mol. The zero-order chi connectivity index (χ0) is 13.8. The van der Waals surface area contributed by atoms with Crippen molar-refractivity contribution in [2.45, 2.75) is 25.4 Å². The van der Waals surface area contributed by atoms with Gasteiger partial charge in [-0.25, -0.2) is 0 Å². The van der Waals surface area contributed by atoms with Gasteiger partial charge in [0.25, 0.3) is 0 Å². The van der Waals surface area contributed by atoms with E-state index in [0.717, 1.165) is 51.3 Å². The third-order valence-corrected chi connectivity index (χ3v) is 4.20. The fourth-order valence-electron chi connectivity index (χ4n) is 2.75. The minimum absolute atomic E-state index is 0. The van der Waals surface area contributed by atoms with Crippen molar-refractivity contribution in [2.24, 2.45) is 5.92 Å². The summed E-state index contributed by atoms with van der Waals surface area (Å²) in [6.07, 6.45) is 3.92. The van der Waals surface area contributed by atoms with Crippen LogP contribution >= 0.6 is 12.4 Å². The summed E-state index contributed by atoms with van der Waals surface area (Å²) in [5, 5.41) is 6.32. The molecule has 2 aliphatic heterocycles. The second-order valence-corrected chi connectivity index (χ2v) is 5.74. The van der Waals surface area contributed by atoms with E-state index in [1.54, 1.807) is 0 Å². The molecule has 6 heteroatoms. The maximum Gasteiger partial charge on any atom is 0.225 e. The zero-order valence-electron chi connectivity index (χ0n) is 12.1. The number of piperidine rings is 1. The van der Waals surface area contributed by atoms with Crippen LogP contribution in [0.5, 0.6) is 0 Å². The Hall–Kier alpha value is -1.17. The van der Waals surface area contributed by atoms with E-state index in [0.29, 0.717) is 6.04 Å². The van der Waals surface area contributed by atoms with Crippen molar-refractivity contribution >= 4 is 18.3 Å². The molecular formula is C15H23ClN4O. The molecule has 0 radical (unpaired) electrons. The van der Waals surface area contributed by atoms with Crippen LogP contribution in [0, 0.1) is 5.92 Å². The Balaban J connectivity index is 0.00000161. The first-order valence-electron chi connectivity index (χ1n) is 7.44. The molecule has 116 valence electrons. The number of pyridine rings is 1. The van der Waals surface area contributed by atoms with Crippen LogP contribution in [0.1, 0.15) is 18.5 Å². The fourth-order valence-corrected chi connectivity index (χ4v) is 2.75. The quantitative estimate of drug-likeness (QED) is 0.864. The van der Waals surface area contributed by atoms with Gasteiger partial charge >= 0.3 is 0 Å². The van der Waals surface area contributed by atoms with Crippen molar-refractivity contribution < 1.29 is 4.79 Å². The first-order valence-corrected chi connectivity index (χ1v) is 7.44. The van der Waals surface area contributed by atoms with E-state index in [9.17, 15) is 4.79 Å². The highest BCUT2D eigenvalue weighted by Gasteiger charge is 2.28. The van der Waals surface area contributed by atoms with Gasteiger partial charge in [-0.2, -0.15) is 0 Å². The average molecular weight is 311 g/mol. The summed E-state index contributed by atoms with van der Waals surface area (Å²) in [5.74, 6) is 0.425. The average Bonchev–Trinajstić information content (AvgIpc) is 2.40. The largest absolute Gasteiger partial charge is 0.353 e. The Kier molecular flexibility index (Phi) is 5.96. The Labute approximate surface area is 131 Å². The van der Waals surface area contributed by atoms with Gasteiger partial charge in [0.15, 0.2) is 0 Å². The van der Waals surface area contributed by atoms with E-state index in [4.69, 9.17) is 0 Å². The lowest BCUT2D eigenvalue weighted by molar-refractivity contribution is -0.127. The topological polar surface area (TPSA) is 57.3 Å². The Morgan fingerprint density at radius 3 is 2.67 bits per heavy atom. The molecule has 3 rings (SSSR count). The number of carbonyl (C=O) groups is 1. The van der Waals surface area contributed by atoms with Gasteiger partial charge in [-0.15, -0.1) is 12.4 Å². The number of hydrogen-bond donors (Lipinski definition) is 2. The molecule has 0 aromatic carbocycles. The standard InChI is InChI=1S/C15H22N4O.ClH/c20-15(12-9-16-10-12)18-13-4-7-19(8-5-13)11-14-3-1-2-6-17-14;/h1-3,6,12-13,16H,4-5,7-11H2,(H,18,20);1H. The summed E-state index contributed by atoms with van der Waals surface area (Å²) < 4.78 is 0. The maximum atomic E-state index is 11.9. The molecule has 0 unspecified atom stereocenters. The molecule has 1 amide bonds. The van der Waals surface area contributed by atoms with Gasteiger partial charge in [0.1, 0.15) is 0 Å². The second kappa shape index (κ2) is 7.73. The number of amides is 1. The van der Waals surface area contributed by atoms with Crippen molar-refractivity contribution in [2.75, 3.05) is 26.2 Å². The van der Waals surface area contributed by atoms with E-state index in [2.05, 4.69) is 26.6 Å². The van der Waals surface area contributed by atoms with Crippen LogP contribution in [0.25, 0.3) is 0 Å². The molecule has 1 aromatic rings. The highest BCUT2D eigenvalue weighted by molar-refractivity contribution is 5.85. The number of nitrogens with one attached hydrogen (secondary N) is 2. The van der Waals surface area contributed by atoms with Crippen molar-refractivity contribution in [3.05, 3.63) is 30.1 Å². The minimum atomic E-state index is 0. The van der Waals surface area contributed by atoms with Crippen molar-refractivity contribution in [3.8, 4) is 0 Å². The molecule has 5 nitrogen and oxygen atoms in total. The first kappa shape index (κ1) is 16.2.